The molecule has 0 spiro atoms. The van der Waals surface area contributed by atoms with Crippen LogP contribution in [-0.2, 0) is 4.74 Å². The summed E-state index contributed by atoms with van der Waals surface area (Å²) in [4.78, 5) is 4.44. The quantitative estimate of drug-likeness (QED) is 0.525. The van der Waals surface area contributed by atoms with Crippen LogP contribution in [0.1, 0.15) is 34.6 Å². The lowest BCUT2D eigenvalue weighted by Gasteiger charge is -2.18. The van der Waals surface area contributed by atoms with E-state index in [-0.39, 0.29) is 11.5 Å². The molecule has 0 aromatic heterocycles. The van der Waals surface area contributed by atoms with Gasteiger partial charge in [0, 0.05) is 5.41 Å². The minimum absolute atomic E-state index is 0.0685. The van der Waals surface area contributed by atoms with Crippen LogP contribution in [0.25, 0.3) is 0 Å². The minimum atomic E-state index is 0.0685. The largest absolute Gasteiger partial charge is 0.475 e. The van der Waals surface area contributed by atoms with E-state index in [4.69, 9.17) is 4.74 Å². The van der Waals surface area contributed by atoms with Crippen LogP contribution < -0.4 is 0 Å². The van der Waals surface area contributed by atoms with Crippen molar-refractivity contribution in [2.45, 2.75) is 46.8 Å². The third kappa shape index (κ3) is 1.73. The number of ether oxygens (including phenoxy) is 1. The van der Waals surface area contributed by atoms with E-state index < -0.39 is 0 Å². The first-order valence-corrected chi connectivity index (χ1v) is 4.16. The van der Waals surface area contributed by atoms with E-state index in [9.17, 15) is 0 Å². The van der Waals surface area contributed by atoms with Gasteiger partial charge in [-0.15, -0.1) is 0 Å². The lowest BCUT2D eigenvalue weighted by atomic mass is 9.97. The Balaban J connectivity index is 2.71. The van der Waals surface area contributed by atoms with Crippen LogP contribution in [0.2, 0.25) is 0 Å². The van der Waals surface area contributed by atoms with Crippen molar-refractivity contribution in [1.82, 2.24) is 0 Å². The van der Waals surface area contributed by atoms with Crippen molar-refractivity contribution in [3.05, 3.63) is 0 Å². The molecule has 11 heavy (non-hydrogen) atoms. The molecule has 2 atom stereocenters. The second-order valence-electron chi connectivity index (χ2n) is 4.25. The first-order valence-electron chi connectivity index (χ1n) is 4.16. The van der Waals surface area contributed by atoms with E-state index in [0.717, 1.165) is 5.90 Å². The SMILES string of the molecule is CC1N=C(C(C)(C)C)OC1C. The van der Waals surface area contributed by atoms with E-state index in [1.165, 1.54) is 0 Å². The molecule has 2 unspecified atom stereocenters. The molecule has 0 aromatic rings. The molecule has 0 bridgehead atoms. The molecule has 0 fully saturated rings. The second-order valence-corrected chi connectivity index (χ2v) is 4.25. The standard InChI is InChI=1S/C9H17NO/c1-6-7(2)11-8(10-6)9(3,4)5/h6-7H,1-5H3. The van der Waals surface area contributed by atoms with Crippen LogP contribution in [0.3, 0.4) is 0 Å². The van der Waals surface area contributed by atoms with E-state index in [2.05, 4.69) is 39.6 Å². The summed E-state index contributed by atoms with van der Waals surface area (Å²) >= 11 is 0. The van der Waals surface area contributed by atoms with E-state index >= 15 is 0 Å². The Hall–Kier alpha value is -0.530. The molecule has 1 rings (SSSR count). The van der Waals surface area contributed by atoms with Gasteiger partial charge < -0.3 is 4.74 Å². The molecule has 0 N–H and O–H groups in total. The predicted octanol–water partition coefficient (Wildman–Crippen LogP) is 2.24. The Kier molecular flexibility index (Phi) is 1.95. The van der Waals surface area contributed by atoms with Gasteiger partial charge in [0.05, 0.1) is 6.04 Å². The number of hydrogen-bond acceptors (Lipinski definition) is 2. The van der Waals surface area contributed by atoms with Gasteiger partial charge in [-0.3, -0.25) is 0 Å². The number of rotatable bonds is 0. The Morgan fingerprint density at radius 2 is 1.82 bits per heavy atom. The maximum Gasteiger partial charge on any atom is 0.189 e. The number of hydrogen-bond donors (Lipinski definition) is 0. The fourth-order valence-corrected chi connectivity index (χ4v) is 0.965. The molecule has 2 heteroatoms. The molecule has 0 saturated heterocycles. The van der Waals surface area contributed by atoms with Crippen molar-refractivity contribution in [3.63, 3.8) is 0 Å². The average molecular weight is 155 g/mol. The van der Waals surface area contributed by atoms with Crippen molar-refractivity contribution in [2.75, 3.05) is 0 Å². The van der Waals surface area contributed by atoms with Crippen LogP contribution >= 0.6 is 0 Å². The maximum absolute atomic E-state index is 5.59. The highest BCUT2D eigenvalue weighted by Crippen LogP contribution is 2.24. The summed E-state index contributed by atoms with van der Waals surface area (Å²) in [5, 5.41) is 0. The number of nitrogens with zero attached hydrogens (tertiary/aromatic N) is 1. The van der Waals surface area contributed by atoms with Crippen LogP contribution in [0.5, 0.6) is 0 Å². The molecule has 0 saturated carbocycles. The normalized spacial score (nSPS) is 31.5. The van der Waals surface area contributed by atoms with Gasteiger partial charge in [0.15, 0.2) is 5.90 Å². The summed E-state index contributed by atoms with van der Waals surface area (Å²) in [7, 11) is 0. The average Bonchev–Trinajstić information content (AvgIpc) is 2.11. The van der Waals surface area contributed by atoms with E-state index in [0.29, 0.717) is 6.04 Å². The second kappa shape index (κ2) is 2.50. The van der Waals surface area contributed by atoms with Gasteiger partial charge in [0.2, 0.25) is 0 Å². The zero-order valence-corrected chi connectivity index (χ0v) is 8.01. The van der Waals surface area contributed by atoms with Crippen molar-refractivity contribution < 1.29 is 4.74 Å². The molecular formula is C9H17NO. The summed E-state index contributed by atoms with van der Waals surface area (Å²) in [5.74, 6) is 0.900. The van der Waals surface area contributed by atoms with Crippen LogP contribution in [0.15, 0.2) is 4.99 Å². The Bertz CT molecular complexity index is 178. The van der Waals surface area contributed by atoms with Gasteiger partial charge in [0.1, 0.15) is 6.10 Å². The van der Waals surface area contributed by atoms with Crippen molar-refractivity contribution >= 4 is 5.90 Å². The predicted molar refractivity (Wildman–Crippen MR) is 46.9 cm³/mol. The summed E-state index contributed by atoms with van der Waals surface area (Å²) in [6.07, 6.45) is 0.254. The molecule has 0 radical (unpaired) electrons. The molecule has 1 aliphatic rings. The Labute approximate surface area is 68.7 Å². The molecular weight excluding hydrogens is 138 g/mol. The first kappa shape index (κ1) is 8.57. The molecule has 2 nitrogen and oxygen atoms in total. The Morgan fingerprint density at radius 3 is 2.00 bits per heavy atom. The van der Waals surface area contributed by atoms with Crippen LogP contribution in [0.4, 0.5) is 0 Å². The monoisotopic (exact) mass is 155 g/mol. The van der Waals surface area contributed by atoms with Crippen LogP contribution in [-0.4, -0.2) is 18.0 Å². The fraction of sp³-hybridized carbons (Fsp3) is 0.889. The van der Waals surface area contributed by atoms with Gasteiger partial charge >= 0.3 is 0 Å². The lowest BCUT2D eigenvalue weighted by molar-refractivity contribution is 0.196. The summed E-state index contributed by atoms with van der Waals surface area (Å²) in [6, 6.07) is 0.323. The summed E-state index contributed by atoms with van der Waals surface area (Å²) in [6.45, 7) is 10.5. The zero-order valence-electron chi connectivity index (χ0n) is 8.01. The van der Waals surface area contributed by atoms with Crippen LogP contribution in [0, 0.1) is 5.41 Å². The third-order valence-corrected chi connectivity index (χ3v) is 1.94. The maximum atomic E-state index is 5.59. The topological polar surface area (TPSA) is 21.6 Å². The molecule has 0 aliphatic carbocycles. The smallest absolute Gasteiger partial charge is 0.189 e. The molecule has 64 valence electrons. The van der Waals surface area contributed by atoms with Gasteiger partial charge in [-0.25, -0.2) is 4.99 Å². The van der Waals surface area contributed by atoms with Gasteiger partial charge in [-0.1, -0.05) is 20.8 Å². The molecule has 1 aliphatic heterocycles. The van der Waals surface area contributed by atoms with Gasteiger partial charge in [0.25, 0.3) is 0 Å². The zero-order chi connectivity index (χ0) is 8.65. The summed E-state index contributed by atoms with van der Waals surface area (Å²) < 4.78 is 5.59. The fourth-order valence-electron chi connectivity index (χ4n) is 0.965. The van der Waals surface area contributed by atoms with E-state index in [1.807, 2.05) is 0 Å². The lowest BCUT2D eigenvalue weighted by Crippen LogP contribution is -2.22. The minimum Gasteiger partial charge on any atom is -0.475 e. The first-order chi connectivity index (χ1) is 4.91. The molecule has 1 heterocycles. The van der Waals surface area contributed by atoms with Crippen molar-refractivity contribution in [3.8, 4) is 0 Å². The van der Waals surface area contributed by atoms with Crippen molar-refractivity contribution in [2.24, 2.45) is 10.4 Å². The highest BCUT2D eigenvalue weighted by atomic mass is 16.5. The number of aliphatic imine (C=N–C) groups is 1. The Morgan fingerprint density at radius 1 is 1.27 bits per heavy atom. The summed E-state index contributed by atoms with van der Waals surface area (Å²) in [5.41, 5.74) is 0.0685. The van der Waals surface area contributed by atoms with Crippen molar-refractivity contribution in [1.29, 1.82) is 0 Å². The molecule has 0 amide bonds. The van der Waals surface area contributed by atoms with Gasteiger partial charge in [-0.05, 0) is 13.8 Å². The van der Waals surface area contributed by atoms with Gasteiger partial charge in [-0.2, -0.15) is 0 Å². The third-order valence-electron chi connectivity index (χ3n) is 1.94. The molecule has 0 aromatic carbocycles. The van der Waals surface area contributed by atoms with E-state index in [1.54, 1.807) is 0 Å². The highest BCUT2D eigenvalue weighted by molar-refractivity contribution is 5.83. The highest BCUT2D eigenvalue weighted by Gasteiger charge is 2.30.